The number of nitrogens with one attached hydrogen (secondary N) is 1. The van der Waals surface area contributed by atoms with Crippen molar-refractivity contribution in [2.75, 3.05) is 13.2 Å². The number of aliphatic hydroxyl groups is 2. The normalized spacial score (nSPS) is 13.6. The van der Waals surface area contributed by atoms with Crippen molar-refractivity contribution in [3.8, 4) is 0 Å². The van der Waals surface area contributed by atoms with Crippen LogP contribution in [0.15, 0.2) is 18.2 Å². The predicted molar refractivity (Wildman–Crippen MR) is 69.7 cm³/mol. The van der Waals surface area contributed by atoms with E-state index in [4.69, 9.17) is 0 Å². The number of β-amino-alcohol motifs (C(OH)–C–C–N with tert-alkyl or cyclic N) is 1. The van der Waals surface area contributed by atoms with Crippen LogP contribution in [0.2, 0.25) is 0 Å². The van der Waals surface area contributed by atoms with Gasteiger partial charge in [-0.05, 0) is 30.5 Å². The third-order valence-corrected chi connectivity index (χ3v) is 3.66. The maximum atomic E-state index is 13.1. The molecule has 0 heterocycles. The molecule has 0 aliphatic carbocycles. The molecule has 19 heavy (non-hydrogen) atoms. The van der Waals surface area contributed by atoms with Crippen LogP contribution < -0.4 is 5.32 Å². The molecular formula is C14H21F2NO2. The summed E-state index contributed by atoms with van der Waals surface area (Å²) in [7, 11) is 0. The number of aliphatic hydroxyl groups excluding tert-OH is 2. The summed E-state index contributed by atoms with van der Waals surface area (Å²) in [5, 5.41) is 22.4. The second-order valence-electron chi connectivity index (χ2n) is 4.72. The summed E-state index contributed by atoms with van der Waals surface area (Å²) in [5.41, 5.74) is -0.134. The van der Waals surface area contributed by atoms with E-state index in [1.165, 1.54) is 6.07 Å². The minimum atomic E-state index is -0.976. The summed E-state index contributed by atoms with van der Waals surface area (Å²) in [6, 6.07) is 3.33. The summed E-state index contributed by atoms with van der Waals surface area (Å²) in [6.07, 6.45) is 0.480. The first-order chi connectivity index (χ1) is 8.98. The molecule has 0 aliphatic heterocycles. The van der Waals surface area contributed by atoms with E-state index in [-0.39, 0.29) is 13.2 Å². The molecule has 0 fully saturated rings. The van der Waals surface area contributed by atoms with Gasteiger partial charge < -0.3 is 15.5 Å². The highest BCUT2D eigenvalue weighted by molar-refractivity contribution is 5.20. The molecule has 0 radical (unpaired) electrons. The van der Waals surface area contributed by atoms with E-state index >= 15 is 0 Å². The second kappa shape index (κ2) is 6.93. The van der Waals surface area contributed by atoms with Gasteiger partial charge in [-0.15, -0.1) is 0 Å². The van der Waals surface area contributed by atoms with Crippen LogP contribution in [-0.4, -0.2) is 28.9 Å². The molecule has 1 rings (SSSR count). The van der Waals surface area contributed by atoms with Gasteiger partial charge >= 0.3 is 0 Å². The molecule has 1 aromatic rings. The standard InChI is InChI=1S/C14H21F2NO2/c1-3-14(4-2,9-18)17-8-13(19)10-5-6-11(15)12(16)7-10/h5-7,13,17-19H,3-4,8-9H2,1-2H3. The van der Waals surface area contributed by atoms with Gasteiger partial charge in [-0.3, -0.25) is 0 Å². The van der Waals surface area contributed by atoms with Crippen molar-refractivity contribution >= 4 is 0 Å². The Hall–Kier alpha value is -1.04. The molecule has 5 heteroatoms. The monoisotopic (exact) mass is 273 g/mol. The minimum absolute atomic E-state index is 0.0372. The molecule has 0 aromatic heterocycles. The maximum Gasteiger partial charge on any atom is 0.159 e. The van der Waals surface area contributed by atoms with Crippen LogP contribution in [0.25, 0.3) is 0 Å². The molecule has 0 amide bonds. The first-order valence-corrected chi connectivity index (χ1v) is 6.47. The van der Waals surface area contributed by atoms with Crippen LogP contribution in [0, 0.1) is 11.6 Å². The molecule has 0 saturated heterocycles. The summed E-state index contributed by atoms with van der Waals surface area (Å²) in [4.78, 5) is 0. The summed E-state index contributed by atoms with van der Waals surface area (Å²) in [6.45, 7) is 4.02. The third-order valence-electron chi connectivity index (χ3n) is 3.66. The molecule has 0 spiro atoms. The zero-order valence-corrected chi connectivity index (χ0v) is 11.3. The van der Waals surface area contributed by atoms with Crippen molar-refractivity contribution < 1.29 is 19.0 Å². The fraction of sp³-hybridized carbons (Fsp3) is 0.571. The molecular weight excluding hydrogens is 252 g/mol. The highest BCUT2D eigenvalue weighted by Gasteiger charge is 2.25. The average Bonchev–Trinajstić information content (AvgIpc) is 2.43. The third kappa shape index (κ3) is 3.96. The molecule has 1 aromatic carbocycles. The van der Waals surface area contributed by atoms with Gasteiger partial charge in [0.15, 0.2) is 11.6 Å². The van der Waals surface area contributed by atoms with E-state index in [0.717, 1.165) is 12.1 Å². The molecule has 1 atom stereocenters. The van der Waals surface area contributed by atoms with E-state index in [9.17, 15) is 19.0 Å². The van der Waals surface area contributed by atoms with E-state index in [1.54, 1.807) is 0 Å². The predicted octanol–water partition coefficient (Wildman–Crippen LogP) is 2.14. The fourth-order valence-electron chi connectivity index (χ4n) is 1.93. The molecule has 108 valence electrons. The Morgan fingerprint density at radius 2 is 1.84 bits per heavy atom. The fourth-order valence-corrected chi connectivity index (χ4v) is 1.93. The Labute approximate surface area is 112 Å². The average molecular weight is 273 g/mol. The van der Waals surface area contributed by atoms with Gasteiger partial charge in [-0.1, -0.05) is 19.9 Å². The van der Waals surface area contributed by atoms with Crippen molar-refractivity contribution in [2.24, 2.45) is 0 Å². The lowest BCUT2D eigenvalue weighted by Gasteiger charge is -2.32. The van der Waals surface area contributed by atoms with E-state index < -0.39 is 23.3 Å². The number of hydrogen-bond acceptors (Lipinski definition) is 3. The van der Waals surface area contributed by atoms with Gasteiger partial charge in [0.1, 0.15) is 0 Å². The van der Waals surface area contributed by atoms with E-state index in [2.05, 4.69) is 5.32 Å². The topological polar surface area (TPSA) is 52.5 Å². The highest BCUT2D eigenvalue weighted by Crippen LogP contribution is 2.19. The zero-order chi connectivity index (χ0) is 14.5. The number of hydrogen-bond donors (Lipinski definition) is 3. The SMILES string of the molecule is CCC(CC)(CO)NCC(O)c1ccc(F)c(F)c1. The van der Waals surface area contributed by atoms with Crippen molar-refractivity contribution in [3.05, 3.63) is 35.4 Å². The van der Waals surface area contributed by atoms with Gasteiger partial charge in [0, 0.05) is 12.1 Å². The van der Waals surface area contributed by atoms with Gasteiger partial charge in [0.05, 0.1) is 12.7 Å². The van der Waals surface area contributed by atoms with Gasteiger partial charge in [0.25, 0.3) is 0 Å². The number of benzene rings is 1. The molecule has 0 saturated carbocycles. The molecule has 0 aliphatic rings. The first-order valence-electron chi connectivity index (χ1n) is 6.47. The van der Waals surface area contributed by atoms with Crippen LogP contribution in [0.1, 0.15) is 38.4 Å². The minimum Gasteiger partial charge on any atom is -0.394 e. The lowest BCUT2D eigenvalue weighted by Crippen LogP contribution is -2.49. The summed E-state index contributed by atoms with van der Waals surface area (Å²) < 4.78 is 25.9. The van der Waals surface area contributed by atoms with Crippen LogP contribution in [0.5, 0.6) is 0 Å². The maximum absolute atomic E-state index is 13.1. The van der Waals surface area contributed by atoms with Crippen molar-refractivity contribution in [1.82, 2.24) is 5.32 Å². The Bertz CT molecular complexity index is 400. The smallest absolute Gasteiger partial charge is 0.159 e. The number of halogens is 2. The summed E-state index contributed by atoms with van der Waals surface area (Å²) >= 11 is 0. The lowest BCUT2D eigenvalue weighted by atomic mass is 9.93. The highest BCUT2D eigenvalue weighted by atomic mass is 19.2. The number of rotatable bonds is 7. The van der Waals surface area contributed by atoms with Gasteiger partial charge in [-0.2, -0.15) is 0 Å². The zero-order valence-electron chi connectivity index (χ0n) is 11.3. The van der Waals surface area contributed by atoms with Crippen molar-refractivity contribution in [1.29, 1.82) is 0 Å². The van der Waals surface area contributed by atoms with Gasteiger partial charge in [0.2, 0.25) is 0 Å². The van der Waals surface area contributed by atoms with Crippen molar-refractivity contribution in [3.63, 3.8) is 0 Å². The Morgan fingerprint density at radius 1 is 1.21 bits per heavy atom. The molecule has 0 bridgehead atoms. The van der Waals surface area contributed by atoms with Crippen LogP contribution in [0.3, 0.4) is 0 Å². The second-order valence-corrected chi connectivity index (χ2v) is 4.72. The largest absolute Gasteiger partial charge is 0.394 e. The van der Waals surface area contributed by atoms with E-state index in [1.807, 2.05) is 13.8 Å². The first kappa shape index (κ1) is 16.0. The van der Waals surface area contributed by atoms with Crippen LogP contribution in [-0.2, 0) is 0 Å². The van der Waals surface area contributed by atoms with Crippen molar-refractivity contribution in [2.45, 2.75) is 38.3 Å². The van der Waals surface area contributed by atoms with E-state index in [0.29, 0.717) is 18.4 Å². The van der Waals surface area contributed by atoms with Crippen LogP contribution >= 0.6 is 0 Å². The molecule has 3 N–H and O–H groups in total. The van der Waals surface area contributed by atoms with Gasteiger partial charge in [-0.25, -0.2) is 8.78 Å². The molecule has 3 nitrogen and oxygen atoms in total. The van der Waals surface area contributed by atoms with Crippen LogP contribution in [0.4, 0.5) is 8.78 Å². The Balaban J connectivity index is 2.69. The summed E-state index contributed by atoms with van der Waals surface area (Å²) in [5.74, 6) is -1.91. The Kier molecular flexibility index (Phi) is 5.85. The quantitative estimate of drug-likeness (QED) is 0.713. The molecule has 1 unspecified atom stereocenters. The Morgan fingerprint density at radius 3 is 2.32 bits per heavy atom. The lowest BCUT2D eigenvalue weighted by molar-refractivity contribution is 0.114.